The molecule has 0 radical (unpaired) electrons. The lowest BCUT2D eigenvalue weighted by Gasteiger charge is -2.43. The van der Waals surface area contributed by atoms with Crippen LogP contribution in [-0.2, 0) is 4.79 Å². The van der Waals surface area contributed by atoms with Gasteiger partial charge in [-0.3, -0.25) is 14.6 Å². The van der Waals surface area contributed by atoms with Crippen LogP contribution in [0.3, 0.4) is 0 Å². The van der Waals surface area contributed by atoms with Crippen molar-refractivity contribution in [2.75, 3.05) is 63.8 Å². The normalized spacial score (nSPS) is 23.5. The first kappa shape index (κ1) is 16.9. The van der Waals surface area contributed by atoms with Gasteiger partial charge in [0.1, 0.15) is 0 Å². The largest absolute Gasteiger partial charge is 0.369 e. The maximum Gasteiger partial charge on any atom is 0.236 e. The Labute approximate surface area is 151 Å². The molecule has 136 valence electrons. The third kappa shape index (κ3) is 3.98. The van der Waals surface area contributed by atoms with Gasteiger partial charge >= 0.3 is 0 Å². The molecule has 5 heteroatoms. The van der Waals surface area contributed by atoms with Crippen LogP contribution >= 0.6 is 0 Å². The van der Waals surface area contributed by atoms with Crippen molar-refractivity contribution in [2.45, 2.75) is 25.3 Å². The molecule has 1 saturated carbocycles. The van der Waals surface area contributed by atoms with E-state index in [1.807, 2.05) is 0 Å². The number of amides is 1. The SMILES string of the molecule is O=C(CN1CCN(c2ccccc2)CC1)N1CCN(C2CCC2)CC1. The van der Waals surface area contributed by atoms with E-state index in [1.54, 1.807) is 0 Å². The van der Waals surface area contributed by atoms with E-state index < -0.39 is 0 Å². The van der Waals surface area contributed by atoms with E-state index in [-0.39, 0.29) is 0 Å². The summed E-state index contributed by atoms with van der Waals surface area (Å²) in [6.07, 6.45) is 4.11. The maximum absolute atomic E-state index is 12.6. The second kappa shape index (κ2) is 7.75. The molecule has 3 aliphatic rings. The first-order valence-electron chi connectivity index (χ1n) is 9.84. The fourth-order valence-corrected chi connectivity index (χ4v) is 4.18. The van der Waals surface area contributed by atoms with Crippen molar-refractivity contribution in [3.63, 3.8) is 0 Å². The quantitative estimate of drug-likeness (QED) is 0.830. The van der Waals surface area contributed by atoms with E-state index in [2.05, 4.69) is 49.9 Å². The van der Waals surface area contributed by atoms with Crippen LogP contribution in [0.25, 0.3) is 0 Å². The van der Waals surface area contributed by atoms with Crippen LogP contribution in [0.4, 0.5) is 5.69 Å². The highest BCUT2D eigenvalue weighted by Crippen LogP contribution is 2.25. The molecule has 0 spiro atoms. The van der Waals surface area contributed by atoms with Gasteiger partial charge < -0.3 is 9.80 Å². The number of carbonyl (C=O) groups is 1. The highest BCUT2D eigenvalue weighted by atomic mass is 16.2. The molecule has 25 heavy (non-hydrogen) atoms. The summed E-state index contributed by atoms with van der Waals surface area (Å²) >= 11 is 0. The van der Waals surface area contributed by atoms with Crippen LogP contribution in [0.15, 0.2) is 30.3 Å². The summed E-state index contributed by atoms with van der Waals surface area (Å²) in [5, 5.41) is 0. The van der Waals surface area contributed by atoms with E-state index >= 15 is 0 Å². The first-order valence-corrected chi connectivity index (χ1v) is 9.84. The summed E-state index contributed by atoms with van der Waals surface area (Å²) in [7, 11) is 0. The summed E-state index contributed by atoms with van der Waals surface area (Å²) in [5.74, 6) is 0.321. The predicted molar refractivity (Wildman–Crippen MR) is 101 cm³/mol. The predicted octanol–water partition coefficient (Wildman–Crippen LogP) is 1.51. The molecule has 1 aliphatic carbocycles. The minimum absolute atomic E-state index is 0.321. The molecule has 1 aromatic rings. The zero-order valence-corrected chi connectivity index (χ0v) is 15.1. The number of benzene rings is 1. The molecular formula is C20H30N4O. The summed E-state index contributed by atoms with van der Waals surface area (Å²) in [4.78, 5) is 22.0. The van der Waals surface area contributed by atoms with E-state index in [0.717, 1.165) is 58.4 Å². The topological polar surface area (TPSA) is 30.0 Å². The lowest BCUT2D eigenvalue weighted by Crippen LogP contribution is -2.56. The number of hydrogen-bond acceptors (Lipinski definition) is 4. The third-order valence-corrected chi connectivity index (χ3v) is 6.11. The number of piperazine rings is 2. The summed E-state index contributed by atoms with van der Waals surface area (Å²) in [6.45, 7) is 8.52. The van der Waals surface area contributed by atoms with Crippen LogP contribution < -0.4 is 4.90 Å². The highest BCUT2D eigenvalue weighted by Gasteiger charge is 2.30. The zero-order valence-electron chi connectivity index (χ0n) is 15.1. The smallest absolute Gasteiger partial charge is 0.236 e. The number of rotatable bonds is 4. The molecule has 0 aromatic heterocycles. The Bertz CT molecular complexity index is 558. The number of carbonyl (C=O) groups excluding carboxylic acids is 1. The second-order valence-corrected chi connectivity index (χ2v) is 7.60. The van der Waals surface area contributed by atoms with Crippen molar-refractivity contribution >= 4 is 11.6 Å². The molecule has 5 nitrogen and oxygen atoms in total. The Kier molecular flexibility index (Phi) is 5.22. The lowest BCUT2D eigenvalue weighted by atomic mass is 9.91. The van der Waals surface area contributed by atoms with Gasteiger partial charge in [0.25, 0.3) is 0 Å². The average molecular weight is 342 g/mol. The Morgan fingerprint density at radius 3 is 2.16 bits per heavy atom. The van der Waals surface area contributed by atoms with Crippen LogP contribution in [0, 0.1) is 0 Å². The monoisotopic (exact) mass is 342 g/mol. The standard InChI is InChI=1S/C20H30N4O/c25-20(24-15-13-23(14-16-24)19-7-4-8-19)17-21-9-11-22(12-10-21)18-5-2-1-3-6-18/h1-3,5-6,19H,4,7-17H2. The van der Waals surface area contributed by atoms with Crippen LogP contribution in [-0.4, -0.2) is 85.6 Å². The van der Waals surface area contributed by atoms with E-state index in [9.17, 15) is 4.79 Å². The van der Waals surface area contributed by atoms with Crippen LogP contribution in [0.1, 0.15) is 19.3 Å². The Morgan fingerprint density at radius 2 is 1.56 bits per heavy atom. The van der Waals surface area contributed by atoms with Gasteiger partial charge in [0.15, 0.2) is 0 Å². The molecule has 2 saturated heterocycles. The molecule has 0 atom stereocenters. The second-order valence-electron chi connectivity index (χ2n) is 7.60. The minimum atomic E-state index is 0.321. The summed E-state index contributed by atoms with van der Waals surface area (Å²) in [5.41, 5.74) is 1.29. The van der Waals surface area contributed by atoms with Crippen molar-refractivity contribution in [2.24, 2.45) is 0 Å². The van der Waals surface area contributed by atoms with Gasteiger partial charge in [0.2, 0.25) is 5.91 Å². The number of anilines is 1. The van der Waals surface area contributed by atoms with Crippen LogP contribution in [0.5, 0.6) is 0 Å². The molecule has 2 aliphatic heterocycles. The van der Waals surface area contributed by atoms with Crippen molar-refractivity contribution in [3.05, 3.63) is 30.3 Å². The van der Waals surface area contributed by atoms with E-state index in [1.165, 1.54) is 24.9 Å². The number of hydrogen-bond donors (Lipinski definition) is 0. The molecule has 0 N–H and O–H groups in total. The highest BCUT2D eigenvalue weighted by molar-refractivity contribution is 5.78. The molecule has 3 fully saturated rings. The molecule has 2 heterocycles. The average Bonchev–Trinajstić information content (AvgIpc) is 2.62. The number of nitrogens with zero attached hydrogens (tertiary/aromatic N) is 4. The van der Waals surface area contributed by atoms with Gasteiger partial charge in [-0.2, -0.15) is 0 Å². The minimum Gasteiger partial charge on any atom is -0.369 e. The van der Waals surface area contributed by atoms with Gasteiger partial charge in [-0.15, -0.1) is 0 Å². The van der Waals surface area contributed by atoms with Gasteiger partial charge in [0.05, 0.1) is 6.54 Å². The van der Waals surface area contributed by atoms with Crippen molar-refractivity contribution < 1.29 is 4.79 Å². The Morgan fingerprint density at radius 1 is 0.880 bits per heavy atom. The number of para-hydroxylation sites is 1. The van der Waals surface area contributed by atoms with Crippen molar-refractivity contribution in [1.29, 1.82) is 0 Å². The van der Waals surface area contributed by atoms with Gasteiger partial charge in [-0.1, -0.05) is 24.6 Å². The molecule has 0 unspecified atom stereocenters. The molecule has 0 bridgehead atoms. The Balaban J connectivity index is 1.20. The maximum atomic E-state index is 12.6. The van der Waals surface area contributed by atoms with Crippen molar-refractivity contribution in [1.82, 2.24) is 14.7 Å². The van der Waals surface area contributed by atoms with Crippen molar-refractivity contribution in [3.8, 4) is 0 Å². The fourth-order valence-electron chi connectivity index (χ4n) is 4.18. The molecule has 1 amide bonds. The van der Waals surface area contributed by atoms with E-state index in [4.69, 9.17) is 0 Å². The summed E-state index contributed by atoms with van der Waals surface area (Å²) in [6, 6.07) is 11.4. The Hall–Kier alpha value is -1.59. The van der Waals surface area contributed by atoms with Crippen LogP contribution in [0.2, 0.25) is 0 Å². The first-order chi connectivity index (χ1) is 12.3. The molecular weight excluding hydrogens is 312 g/mol. The zero-order chi connectivity index (χ0) is 17.1. The van der Waals surface area contributed by atoms with Gasteiger partial charge in [-0.05, 0) is 25.0 Å². The van der Waals surface area contributed by atoms with E-state index in [0.29, 0.717) is 12.5 Å². The van der Waals surface area contributed by atoms with Gasteiger partial charge in [-0.25, -0.2) is 0 Å². The fraction of sp³-hybridized carbons (Fsp3) is 0.650. The van der Waals surface area contributed by atoms with Gasteiger partial charge in [0, 0.05) is 64.1 Å². The molecule has 1 aromatic carbocycles. The lowest BCUT2D eigenvalue weighted by molar-refractivity contribution is -0.134. The summed E-state index contributed by atoms with van der Waals surface area (Å²) < 4.78 is 0. The third-order valence-electron chi connectivity index (χ3n) is 6.11. The molecule has 4 rings (SSSR count).